The number of hydrogen-bond donors (Lipinski definition) is 1. The second kappa shape index (κ2) is 4.41. The van der Waals surface area contributed by atoms with Crippen LogP contribution in [0.3, 0.4) is 0 Å². The van der Waals surface area contributed by atoms with Gasteiger partial charge in [-0.25, -0.2) is 0 Å². The molecule has 0 spiro atoms. The van der Waals surface area contributed by atoms with E-state index in [4.69, 9.17) is 5.73 Å². The minimum absolute atomic E-state index is 0. The zero-order valence-corrected chi connectivity index (χ0v) is 9.53. The molecule has 0 heterocycles. The quantitative estimate of drug-likeness (QED) is 0.573. The van der Waals surface area contributed by atoms with Crippen LogP contribution in [0.2, 0.25) is 0 Å². The first-order chi connectivity index (χ1) is 4.22. The molecule has 1 aromatic rings. The van der Waals surface area contributed by atoms with E-state index < -0.39 is 0 Å². The predicted octanol–water partition coefficient (Wildman–Crippen LogP) is 3.06. The third-order valence-corrected chi connectivity index (χ3v) is 3.59. The summed E-state index contributed by atoms with van der Waals surface area (Å²) in [6, 6.07) is 5.77. The van der Waals surface area contributed by atoms with Gasteiger partial charge in [-0.3, -0.25) is 0 Å². The SMILES string of the molecule is Cl.Nc1cccc(Br)c1I. The van der Waals surface area contributed by atoms with E-state index in [-0.39, 0.29) is 12.4 Å². The molecule has 10 heavy (non-hydrogen) atoms. The first-order valence-electron chi connectivity index (χ1n) is 2.41. The van der Waals surface area contributed by atoms with Crippen molar-refractivity contribution in [3.05, 3.63) is 26.2 Å². The lowest BCUT2D eigenvalue weighted by Gasteiger charge is -1.97. The first-order valence-corrected chi connectivity index (χ1v) is 4.28. The molecule has 0 aliphatic heterocycles. The lowest BCUT2D eigenvalue weighted by Crippen LogP contribution is -1.87. The van der Waals surface area contributed by atoms with E-state index in [0.29, 0.717) is 0 Å². The maximum absolute atomic E-state index is 5.58. The van der Waals surface area contributed by atoms with Crippen LogP contribution < -0.4 is 5.73 Å². The molecular weight excluding hydrogens is 328 g/mol. The maximum atomic E-state index is 5.58. The van der Waals surface area contributed by atoms with Crippen LogP contribution in [0.5, 0.6) is 0 Å². The predicted molar refractivity (Wildman–Crippen MR) is 58.5 cm³/mol. The van der Waals surface area contributed by atoms with Crippen molar-refractivity contribution in [1.29, 1.82) is 0 Å². The summed E-state index contributed by atoms with van der Waals surface area (Å²) in [5.74, 6) is 0. The van der Waals surface area contributed by atoms with Gasteiger partial charge < -0.3 is 5.73 Å². The zero-order chi connectivity index (χ0) is 6.85. The molecule has 1 aromatic carbocycles. The minimum Gasteiger partial charge on any atom is -0.398 e. The van der Waals surface area contributed by atoms with Crippen molar-refractivity contribution in [2.24, 2.45) is 0 Å². The molecule has 4 heteroatoms. The molecule has 1 nitrogen and oxygen atoms in total. The molecule has 0 fully saturated rings. The van der Waals surface area contributed by atoms with Crippen molar-refractivity contribution in [2.75, 3.05) is 5.73 Å². The molecule has 2 N–H and O–H groups in total. The van der Waals surface area contributed by atoms with Gasteiger partial charge in [0.25, 0.3) is 0 Å². The zero-order valence-electron chi connectivity index (χ0n) is 4.97. The summed E-state index contributed by atoms with van der Waals surface area (Å²) in [4.78, 5) is 0. The fourth-order valence-electron chi connectivity index (χ4n) is 0.520. The number of benzene rings is 1. The first kappa shape index (κ1) is 10.5. The number of anilines is 1. The molecule has 0 aliphatic rings. The van der Waals surface area contributed by atoms with Crippen LogP contribution in [0.1, 0.15) is 0 Å². The highest BCUT2D eigenvalue weighted by Crippen LogP contribution is 2.23. The van der Waals surface area contributed by atoms with Gasteiger partial charge in [-0.2, -0.15) is 0 Å². The molecule has 56 valence electrons. The van der Waals surface area contributed by atoms with Crippen LogP contribution in [-0.2, 0) is 0 Å². The molecule has 1 rings (SSSR count). The average molecular weight is 334 g/mol. The summed E-state index contributed by atoms with van der Waals surface area (Å²) >= 11 is 5.56. The Kier molecular flexibility index (Phi) is 4.64. The van der Waals surface area contributed by atoms with Crippen molar-refractivity contribution in [3.63, 3.8) is 0 Å². The second-order valence-electron chi connectivity index (χ2n) is 1.64. The van der Waals surface area contributed by atoms with Gasteiger partial charge in [-0.15, -0.1) is 12.4 Å². The Morgan fingerprint density at radius 3 is 2.40 bits per heavy atom. The summed E-state index contributed by atoms with van der Waals surface area (Å²) in [5, 5.41) is 0. The molecule has 0 bridgehead atoms. The normalized spacial score (nSPS) is 8.60. The second-order valence-corrected chi connectivity index (χ2v) is 3.58. The molecule has 0 aromatic heterocycles. The monoisotopic (exact) mass is 333 g/mol. The lowest BCUT2D eigenvalue weighted by molar-refractivity contribution is 1.58. The smallest absolute Gasteiger partial charge is 0.0502 e. The number of nitrogens with two attached hydrogens (primary N) is 1. The van der Waals surface area contributed by atoms with Gasteiger partial charge in [-0.05, 0) is 50.7 Å². The summed E-state index contributed by atoms with van der Waals surface area (Å²) in [6.07, 6.45) is 0. The maximum Gasteiger partial charge on any atom is 0.0502 e. The van der Waals surface area contributed by atoms with Gasteiger partial charge in [-0.1, -0.05) is 6.07 Å². The summed E-state index contributed by atoms with van der Waals surface area (Å²) in [5.41, 5.74) is 6.41. The van der Waals surface area contributed by atoms with Gasteiger partial charge in [0.1, 0.15) is 0 Å². The Hall–Kier alpha value is 0.520. The number of halogens is 3. The van der Waals surface area contributed by atoms with Crippen molar-refractivity contribution < 1.29 is 0 Å². The Morgan fingerprint density at radius 1 is 1.40 bits per heavy atom. The number of nitrogen functional groups attached to an aromatic ring is 1. The van der Waals surface area contributed by atoms with E-state index in [1.54, 1.807) is 0 Å². The Morgan fingerprint density at radius 2 is 2.00 bits per heavy atom. The van der Waals surface area contributed by atoms with E-state index in [1.807, 2.05) is 18.2 Å². The molecule has 0 saturated carbocycles. The number of hydrogen-bond acceptors (Lipinski definition) is 1. The summed E-state index contributed by atoms with van der Waals surface area (Å²) < 4.78 is 2.14. The van der Waals surface area contributed by atoms with Crippen LogP contribution >= 0.6 is 50.9 Å². The summed E-state index contributed by atoms with van der Waals surface area (Å²) in [7, 11) is 0. The van der Waals surface area contributed by atoms with E-state index in [1.165, 1.54) is 0 Å². The van der Waals surface area contributed by atoms with Crippen LogP contribution in [0.25, 0.3) is 0 Å². The third-order valence-electron chi connectivity index (χ3n) is 0.981. The van der Waals surface area contributed by atoms with Gasteiger partial charge in [0, 0.05) is 10.2 Å². The fraction of sp³-hybridized carbons (Fsp3) is 0. The van der Waals surface area contributed by atoms with Crippen molar-refractivity contribution in [3.8, 4) is 0 Å². The molecule has 0 amide bonds. The molecule has 0 aliphatic carbocycles. The van der Waals surface area contributed by atoms with Crippen LogP contribution in [0.15, 0.2) is 22.7 Å². The largest absolute Gasteiger partial charge is 0.398 e. The van der Waals surface area contributed by atoms with Gasteiger partial charge in [0.2, 0.25) is 0 Å². The van der Waals surface area contributed by atoms with Crippen molar-refractivity contribution in [2.45, 2.75) is 0 Å². The van der Waals surface area contributed by atoms with Crippen LogP contribution in [-0.4, -0.2) is 0 Å². The third kappa shape index (κ3) is 2.29. The highest BCUT2D eigenvalue weighted by Gasteiger charge is 1.96. The molecule has 0 radical (unpaired) electrons. The van der Waals surface area contributed by atoms with E-state index in [9.17, 15) is 0 Å². The fourth-order valence-corrected chi connectivity index (χ4v) is 1.26. The van der Waals surface area contributed by atoms with Crippen molar-refractivity contribution in [1.82, 2.24) is 0 Å². The van der Waals surface area contributed by atoms with Crippen molar-refractivity contribution >= 4 is 56.6 Å². The van der Waals surface area contributed by atoms with Gasteiger partial charge in [0.05, 0.1) is 3.57 Å². The average Bonchev–Trinajstić information content (AvgIpc) is 1.83. The number of rotatable bonds is 0. The van der Waals surface area contributed by atoms with Crippen LogP contribution in [0, 0.1) is 3.57 Å². The van der Waals surface area contributed by atoms with Gasteiger partial charge in [0.15, 0.2) is 0 Å². The van der Waals surface area contributed by atoms with E-state index >= 15 is 0 Å². The Bertz CT molecular complexity index is 209. The molecule has 0 saturated heterocycles. The Balaban J connectivity index is 0.000000810. The van der Waals surface area contributed by atoms with E-state index in [2.05, 4.69) is 38.5 Å². The highest BCUT2D eigenvalue weighted by molar-refractivity contribution is 14.1. The molecule has 0 unspecified atom stereocenters. The lowest BCUT2D eigenvalue weighted by atomic mass is 10.3. The molecule has 0 atom stereocenters. The van der Waals surface area contributed by atoms with Crippen LogP contribution in [0.4, 0.5) is 5.69 Å². The highest BCUT2D eigenvalue weighted by atomic mass is 127. The van der Waals surface area contributed by atoms with E-state index in [0.717, 1.165) is 13.7 Å². The summed E-state index contributed by atoms with van der Waals surface area (Å²) in [6.45, 7) is 0. The molecular formula is C6H6BrClIN. The minimum atomic E-state index is 0. The standard InChI is InChI=1S/C6H5BrIN.ClH/c7-4-2-1-3-5(9)6(4)8;/h1-3H,9H2;1H. The topological polar surface area (TPSA) is 26.0 Å². The Labute approximate surface area is 88.1 Å². The van der Waals surface area contributed by atoms with Gasteiger partial charge >= 0.3 is 0 Å².